The Hall–Kier alpha value is -1.31. The van der Waals surface area contributed by atoms with Gasteiger partial charge < -0.3 is 5.32 Å². The van der Waals surface area contributed by atoms with Gasteiger partial charge in [-0.3, -0.25) is 4.79 Å². The average Bonchev–Trinajstić information content (AvgIpc) is 2.66. The van der Waals surface area contributed by atoms with Crippen LogP contribution in [0.1, 0.15) is 24.3 Å². The third-order valence-electron chi connectivity index (χ3n) is 3.09. The van der Waals surface area contributed by atoms with Crippen molar-refractivity contribution in [2.75, 3.05) is 5.32 Å². The van der Waals surface area contributed by atoms with Crippen LogP contribution >= 0.6 is 0 Å². The number of fused-ring (bicyclic) bond motifs is 3. The maximum absolute atomic E-state index is 11.6. The van der Waals surface area contributed by atoms with Crippen molar-refractivity contribution in [1.82, 2.24) is 0 Å². The molecule has 1 heterocycles. The lowest BCUT2D eigenvalue weighted by Gasteiger charge is -2.06. The fourth-order valence-electron chi connectivity index (χ4n) is 2.49. The topological polar surface area (TPSA) is 29.1 Å². The molecule has 2 nitrogen and oxygen atoms in total. The number of carbonyl (C=O) groups excluding carboxylic acids is 1. The van der Waals surface area contributed by atoms with Crippen molar-refractivity contribution in [1.29, 1.82) is 0 Å². The van der Waals surface area contributed by atoms with Gasteiger partial charge in [0.1, 0.15) is 5.78 Å². The van der Waals surface area contributed by atoms with Gasteiger partial charge in [-0.25, -0.2) is 0 Å². The van der Waals surface area contributed by atoms with E-state index in [1.807, 2.05) is 12.1 Å². The molecule has 0 radical (unpaired) electrons. The molecule has 1 aliphatic heterocycles. The van der Waals surface area contributed by atoms with Gasteiger partial charge in [-0.2, -0.15) is 0 Å². The van der Waals surface area contributed by atoms with E-state index in [1.165, 1.54) is 5.56 Å². The van der Waals surface area contributed by atoms with E-state index < -0.39 is 0 Å². The van der Waals surface area contributed by atoms with E-state index in [0.29, 0.717) is 11.8 Å². The molecule has 1 saturated carbocycles. The van der Waals surface area contributed by atoms with Gasteiger partial charge in [0.05, 0.1) is 5.92 Å². The lowest BCUT2D eigenvalue weighted by atomic mass is 9.97. The van der Waals surface area contributed by atoms with Crippen molar-refractivity contribution in [2.24, 2.45) is 0 Å². The lowest BCUT2D eigenvalue weighted by Crippen LogP contribution is -2.16. The van der Waals surface area contributed by atoms with Crippen LogP contribution in [-0.2, 0) is 4.79 Å². The fourth-order valence-corrected chi connectivity index (χ4v) is 2.49. The van der Waals surface area contributed by atoms with Crippen LogP contribution in [0.4, 0.5) is 5.69 Å². The van der Waals surface area contributed by atoms with Crippen LogP contribution in [0, 0.1) is 0 Å². The molecule has 1 aliphatic carbocycles. The number of hydrogen-bond donors (Lipinski definition) is 1. The Bertz CT molecular complexity index is 372. The third kappa shape index (κ3) is 0.857. The quantitative estimate of drug-likeness (QED) is 0.649. The first kappa shape index (κ1) is 7.13. The largest absolute Gasteiger partial charge is 0.381 e. The van der Waals surface area contributed by atoms with Gasteiger partial charge in [-0.15, -0.1) is 0 Å². The summed E-state index contributed by atoms with van der Waals surface area (Å²) in [7, 11) is 0. The van der Waals surface area contributed by atoms with Gasteiger partial charge in [-0.1, -0.05) is 18.2 Å². The van der Waals surface area contributed by atoms with Crippen LogP contribution in [0.15, 0.2) is 24.3 Å². The second kappa shape index (κ2) is 2.34. The molecule has 2 unspecified atom stereocenters. The second-order valence-corrected chi connectivity index (χ2v) is 3.82. The highest BCUT2D eigenvalue weighted by molar-refractivity contribution is 5.93. The molecular weight excluding hydrogens is 162 g/mol. The number of nitrogens with one attached hydrogen (secondary N) is 1. The highest BCUT2D eigenvalue weighted by atomic mass is 16.1. The van der Waals surface area contributed by atoms with Gasteiger partial charge in [0.2, 0.25) is 0 Å². The molecule has 66 valence electrons. The van der Waals surface area contributed by atoms with E-state index >= 15 is 0 Å². The molecule has 2 aliphatic rings. The number of para-hydroxylation sites is 1. The second-order valence-electron chi connectivity index (χ2n) is 3.82. The SMILES string of the molecule is O=C1CCC2Nc3ccccc3C12. The minimum Gasteiger partial charge on any atom is -0.381 e. The summed E-state index contributed by atoms with van der Waals surface area (Å²) in [6.07, 6.45) is 1.74. The molecule has 0 saturated heterocycles. The molecule has 3 rings (SSSR count). The van der Waals surface area contributed by atoms with Crippen molar-refractivity contribution in [3.8, 4) is 0 Å². The first-order chi connectivity index (χ1) is 6.36. The molecule has 1 N–H and O–H groups in total. The van der Waals surface area contributed by atoms with Crippen LogP contribution in [-0.4, -0.2) is 11.8 Å². The molecule has 0 amide bonds. The highest BCUT2D eigenvalue weighted by Crippen LogP contribution is 2.42. The molecule has 1 fully saturated rings. The Morgan fingerprint density at radius 1 is 1.31 bits per heavy atom. The van der Waals surface area contributed by atoms with E-state index in [-0.39, 0.29) is 5.92 Å². The molecule has 1 aromatic carbocycles. The molecule has 2 heteroatoms. The number of anilines is 1. The van der Waals surface area contributed by atoms with Gasteiger partial charge >= 0.3 is 0 Å². The number of Topliss-reactive ketones (excluding diaryl/α,β-unsaturated/α-hetero) is 1. The number of ketones is 1. The van der Waals surface area contributed by atoms with E-state index in [9.17, 15) is 4.79 Å². The predicted octanol–water partition coefficient (Wildman–Crippen LogP) is 1.93. The van der Waals surface area contributed by atoms with E-state index in [4.69, 9.17) is 0 Å². The van der Waals surface area contributed by atoms with Crippen molar-refractivity contribution in [2.45, 2.75) is 24.8 Å². The summed E-state index contributed by atoms with van der Waals surface area (Å²) < 4.78 is 0. The molecule has 0 spiro atoms. The molecule has 1 aromatic rings. The summed E-state index contributed by atoms with van der Waals surface area (Å²) in [6.45, 7) is 0. The summed E-state index contributed by atoms with van der Waals surface area (Å²) in [6, 6.07) is 8.52. The number of hydrogen-bond acceptors (Lipinski definition) is 2. The summed E-state index contributed by atoms with van der Waals surface area (Å²) in [5.74, 6) is 0.554. The number of carbonyl (C=O) groups is 1. The Morgan fingerprint density at radius 2 is 2.15 bits per heavy atom. The van der Waals surface area contributed by atoms with Crippen LogP contribution < -0.4 is 5.32 Å². The normalized spacial score (nSPS) is 29.7. The molecule has 0 bridgehead atoms. The van der Waals surface area contributed by atoms with Crippen LogP contribution in [0.2, 0.25) is 0 Å². The number of benzene rings is 1. The maximum atomic E-state index is 11.6. The average molecular weight is 173 g/mol. The Labute approximate surface area is 77.0 Å². The lowest BCUT2D eigenvalue weighted by molar-refractivity contribution is -0.118. The zero-order valence-corrected chi connectivity index (χ0v) is 7.29. The highest BCUT2D eigenvalue weighted by Gasteiger charge is 2.41. The van der Waals surface area contributed by atoms with E-state index in [2.05, 4.69) is 17.4 Å². The van der Waals surface area contributed by atoms with Crippen LogP contribution in [0.3, 0.4) is 0 Å². The molecule has 0 aromatic heterocycles. The minimum atomic E-state index is 0.149. The third-order valence-corrected chi connectivity index (χ3v) is 3.09. The summed E-state index contributed by atoms with van der Waals surface area (Å²) in [5.41, 5.74) is 2.36. The minimum absolute atomic E-state index is 0.149. The summed E-state index contributed by atoms with van der Waals surface area (Å²) in [4.78, 5) is 11.6. The first-order valence-corrected chi connectivity index (χ1v) is 4.74. The Morgan fingerprint density at radius 3 is 3.08 bits per heavy atom. The number of rotatable bonds is 0. The fraction of sp³-hybridized carbons (Fsp3) is 0.364. The summed E-state index contributed by atoms with van der Waals surface area (Å²) >= 11 is 0. The Balaban J connectivity index is 2.13. The summed E-state index contributed by atoms with van der Waals surface area (Å²) in [5, 5.41) is 3.41. The van der Waals surface area contributed by atoms with Crippen LogP contribution in [0.5, 0.6) is 0 Å². The molecular formula is C11H11NO. The Kier molecular flexibility index (Phi) is 1.29. The van der Waals surface area contributed by atoms with E-state index in [1.54, 1.807) is 0 Å². The maximum Gasteiger partial charge on any atom is 0.142 e. The van der Waals surface area contributed by atoms with Gasteiger partial charge in [-0.05, 0) is 18.1 Å². The van der Waals surface area contributed by atoms with Crippen molar-refractivity contribution in [3.05, 3.63) is 29.8 Å². The zero-order chi connectivity index (χ0) is 8.84. The van der Waals surface area contributed by atoms with Gasteiger partial charge in [0.15, 0.2) is 0 Å². The van der Waals surface area contributed by atoms with Gasteiger partial charge in [0, 0.05) is 18.2 Å². The monoisotopic (exact) mass is 173 g/mol. The standard InChI is InChI=1S/C11H11NO/c13-10-6-5-9-11(10)7-3-1-2-4-8(7)12-9/h1-4,9,11-12H,5-6H2. The predicted molar refractivity (Wildman–Crippen MR) is 50.8 cm³/mol. The van der Waals surface area contributed by atoms with Crippen molar-refractivity contribution in [3.63, 3.8) is 0 Å². The molecule has 2 atom stereocenters. The van der Waals surface area contributed by atoms with Crippen molar-refractivity contribution < 1.29 is 4.79 Å². The smallest absolute Gasteiger partial charge is 0.142 e. The van der Waals surface area contributed by atoms with E-state index in [0.717, 1.165) is 18.5 Å². The first-order valence-electron chi connectivity index (χ1n) is 4.74. The van der Waals surface area contributed by atoms with Gasteiger partial charge in [0.25, 0.3) is 0 Å². The van der Waals surface area contributed by atoms with Crippen molar-refractivity contribution >= 4 is 11.5 Å². The molecule has 13 heavy (non-hydrogen) atoms. The van der Waals surface area contributed by atoms with Crippen LogP contribution in [0.25, 0.3) is 0 Å². The zero-order valence-electron chi connectivity index (χ0n) is 7.29.